The number of likely N-dealkylation sites (N-methyl/N-ethyl adjacent to an activating group) is 1. The van der Waals surface area contributed by atoms with E-state index in [1.807, 2.05) is 11.8 Å². The van der Waals surface area contributed by atoms with Crippen molar-refractivity contribution in [1.82, 2.24) is 9.80 Å². The van der Waals surface area contributed by atoms with Crippen LogP contribution in [0.25, 0.3) is 0 Å². The van der Waals surface area contributed by atoms with Crippen LogP contribution in [0.4, 0.5) is 5.69 Å². The molecule has 0 saturated carbocycles. The standard InChI is InChI=1S/C15H16N4S2/c1-18-7-6-16-14(18)20-9-12-10-21-15-17-13-5-3-2-4-11(13)8-19(12)15/h2-5,10H,6-9H2,1H3. The van der Waals surface area contributed by atoms with Crippen molar-refractivity contribution in [2.45, 2.75) is 6.54 Å². The fraction of sp³-hybridized carbons (Fsp3) is 0.333. The molecule has 0 fully saturated rings. The molecule has 1 aromatic carbocycles. The van der Waals surface area contributed by atoms with E-state index in [2.05, 4.69) is 51.5 Å². The van der Waals surface area contributed by atoms with Crippen LogP contribution in [0.15, 0.2) is 45.4 Å². The Morgan fingerprint density at radius 1 is 1.33 bits per heavy atom. The second kappa shape index (κ2) is 5.42. The van der Waals surface area contributed by atoms with Gasteiger partial charge < -0.3 is 9.80 Å². The largest absolute Gasteiger partial charge is 0.353 e. The third-order valence-corrected chi connectivity index (χ3v) is 5.82. The molecule has 3 aliphatic rings. The molecule has 3 aliphatic heterocycles. The molecule has 0 amide bonds. The molecule has 3 heterocycles. The summed E-state index contributed by atoms with van der Waals surface area (Å²) in [7, 11) is 2.11. The maximum Gasteiger partial charge on any atom is 0.173 e. The zero-order valence-electron chi connectivity index (χ0n) is 11.8. The molecule has 0 aliphatic carbocycles. The van der Waals surface area contributed by atoms with Gasteiger partial charge in [-0.1, -0.05) is 41.7 Å². The van der Waals surface area contributed by atoms with Gasteiger partial charge in [0.25, 0.3) is 0 Å². The van der Waals surface area contributed by atoms with Crippen LogP contribution in [0.5, 0.6) is 0 Å². The minimum Gasteiger partial charge on any atom is -0.353 e. The van der Waals surface area contributed by atoms with Gasteiger partial charge in [0.15, 0.2) is 10.3 Å². The van der Waals surface area contributed by atoms with Gasteiger partial charge in [-0.15, -0.1) is 0 Å². The van der Waals surface area contributed by atoms with Crippen molar-refractivity contribution in [2.75, 3.05) is 25.9 Å². The summed E-state index contributed by atoms with van der Waals surface area (Å²) in [5, 5.41) is 4.49. The van der Waals surface area contributed by atoms with E-state index in [9.17, 15) is 0 Å². The summed E-state index contributed by atoms with van der Waals surface area (Å²) in [5.41, 5.74) is 3.75. The normalized spacial score (nSPS) is 20.0. The third-order valence-electron chi connectivity index (χ3n) is 3.77. The highest BCUT2D eigenvalue weighted by Crippen LogP contribution is 2.37. The summed E-state index contributed by atoms with van der Waals surface area (Å²) in [6, 6.07) is 8.40. The molecule has 0 unspecified atom stereocenters. The molecule has 0 radical (unpaired) electrons. The fourth-order valence-electron chi connectivity index (χ4n) is 2.57. The maximum absolute atomic E-state index is 4.76. The smallest absolute Gasteiger partial charge is 0.173 e. The van der Waals surface area contributed by atoms with Crippen LogP contribution >= 0.6 is 23.5 Å². The van der Waals surface area contributed by atoms with Crippen molar-refractivity contribution in [3.63, 3.8) is 0 Å². The molecule has 0 bridgehead atoms. The highest BCUT2D eigenvalue weighted by atomic mass is 32.2. The second-order valence-electron chi connectivity index (χ2n) is 5.21. The zero-order valence-corrected chi connectivity index (χ0v) is 13.5. The summed E-state index contributed by atoms with van der Waals surface area (Å²) in [5.74, 6) is 0.956. The Hall–Kier alpha value is -1.40. The molecule has 0 atom stereocenters. The van der Waals surface area contributed by atoms with Crippen molar-refractivity contribution in [1.29, 1.82) is 0 Å². The number of fused-ring (bicyclic) bond motifs is 2. The summed E-state index contributed by atoms with van der Waals surface area (Å²) < 4.78 is 0. The van der Waals surface area contributed by atoms with Gasteiger partial charge in [-0.2, -0.15) is 0 Å². The van der Waals surface area contributed by atoms with E-state index in [0.29, 0.717) is 0 Å². The number of hydrogen-bond donors (Lipinski definition) is 0. The van der Waals surface area contributed by atoms with Crippen molar-refractivity contribution < 1.29 is 0 Å². The summed E-state index contributed by atoms with van der Waals surface area (Å²) in [4.78, 5) is 13.9. The minimum atomic E-state index is 0.927. The van der Waals surface area contributed by atoms with Crippen LogP contribution in [0, 0.1) is 0 Å². The minimum absolute atomic E-state index is 0.927. The molecule has 21 heavy (non-hydrogen) atoms. The molecule has 108 valence electrons. The number of benzene rings is 1. The monoisotopic (exact) mass is 316 g/mol. The number of rotatable bonds is 2. The Kier molecular flexibility index (Phi) is 3.43. The first-order chi connectivity index (χ1) is 10.3. The predicted octanol–water partition coefficient (Wildman–Crippen LogP) is 3.11. The highest BCUT2D eigenvalue weighted by Gasteiger charge is 2.28. The van der Waals surface area contributed by atoms with Gasteiger partial charge in [0, 0.05) is 25.0 Å². The van der Waals surface area contributed by atoms with Crippen LogP contribution in [-0.2, 0) is 6.54 Å². The Labute approximate surface area is 133 Å². The van der Waals surface area contributed by atoms with Gasteiger partial charge in [0.05, 0.1) is 18.8 Å². The first-order valence-corrected chi connectivity index (χ1v) is 8.86. The van der Waals surface area contributed by atoms with E-state index in [1.165, 1.54) is 11.3 Å². The number of thioether (sulfide) groups is 2. The number of hydrogen-bond acceptors (Lipinski definition) is 6. The lowest BCUT2D eigenvalue weighted by molar-refractivity contribution is 0.519. The topological polar surface area (TPSA) is 31.2 Å². The van der Waals surface area contributed by atoms with Crippen molar-refractivity contribution in [3.8, 4) is 0 Å². The highest BCUT2D eigenvalue weighted by molar-refractivity contribution is 8.17. The van der Waals surface area contributed by atoms with Gasteiger partial charge in [0.1, 0.15) is 0 Å². The molecule has 0 spiro atoms. The molecule has 0 N–H and O–H groups in total. The van der Waals surface area contributed by atoms with Gasteiger partial charge in [-0.3, -0.25) is 4.99 Å². The van der Waals surface area contributed by atoms with Crippen LogP contribution in [0.3, 0.4) is 0 Å². The first-order valence-electron chi connectivity index (χ1n) is 6.99. The maximum atomic E-state index is 4.76. The van der Waals surface area contributed by atoms with Crippen LogP contribution in [-0.4, -0.2) is 46.0 Å². The Morgan fingerprint density at radius 2 is 2.24 bits per heavy atom. The summed E-state index contributed by atoms with van der Waals surface area (Å²) in [6.07, 6.45) is 0. The second-order valence-corrected chi connectivity index (χ2v) is 6.99. The van der Waals surface area contributed by atoms with Crippen molar-refractivity contribution in [2.24, 2.45) is 9.98 Å². The lowest BCUT2D eigenvalue weighted by Crippen LogP contribution is -2.28. The molecule has 4 nitrogen and oxygen atoms in total. The van der Waals surface area contributed by atoms with Crippen LogP contribution in [0.1, 0.15) is 5.56 Å². The average Bonchev–Trinajstić information content (AvgIpc) is 3.09. The van der Waals surface area contributed by atoms with Gasteiger partial charge >= 0.3 is 0 Å². The van der Waals surface area contributed by atoms with E-state index in [1.54, 1.807) is 11.8 Å². The van der Waals surface area contributed by atoms with E-state index < -0.39 is 0 Å². The number of nitrogens with zero attached hydrogens (tertiary/aromatic N) is 4. The third kappa shape index (κ3) is 2.46. The molecule has 1 aromatic rings. The molecule has 0 saturated heterocycles. The molecule has 6 heteroatoms. The molecule has 0 aromatic heterocycles. The van der Waals surface area contributed by atoms with Crippen molar-refractivity contribution in [3.05, 3.63) is 40.9 Å². The lowest BCUT2D eigenvalue weighted by Gasteiger charge is -2.27. The average molecular weight is 316 g/mol. The molecular weight excluding hydrogens is 300 g/mol. The van der Waals surface area contributed by atoms with E-state index in [0.717, 1.165) is 41.4 Å². The number of para-hydroxylation sites is 1. The Balaban J connectivity index is 1.48. The Morgan fingerprint density at radius 3 is 3.10 bits per heavy atom. The zero-order chi connectivity index (χ0) is 14.2. The summed E-state index contributed by atoms with van der Waals surface area (Å²) >= 11 is 3.55. The lowest BCUT2D eigenvalue weighted by atomic mass is 10.1. The van der Waals surface area contributed by atoms with Gasteiger partial charge in [-0.25, -0.2) is 4.99 Å². The predicted molar refractivity (Wildman–Crippen MR) is 92.1 cm³/mol. The Bertz CT molecular complexity index is 665. The van der Waals surface area contributed by atoms with E-state index in [4.69, 9.17) is 4.99 Å². The number of aliphatic imine (C=N–C) groups is 2. The van der Waals surface area contributed by atoms with Crippen molar-refractivity contribution >= 4 is 39.5 Å². The quantitative estimate of drug-likeness (QED) is 0.839. The summed E-state index contributed by atoms with van der Waals surface area (Å²) in [6.45, 7) is 2.90. The van der Waals surface area contributed by atoms with Gasteiger partial charge in [-0.05, 0) is 17.0 Å². The molecule has 4 rings (SSSR count). The van der Waals surface area contributed by atoms with Crippen LogP contribution < -0.4 is 0 Å². The fourth-order valence-corrected chi connectivity index (χ4v) is 4.60. The number of amidine groups is 2. The molecular formula is C15H16N4S2. The SMILES string of the molecule is CN1CCN=C1SCC1=CSC2=Nc3ccccc3CN12. The van der Waals surface area contributed by atoms with Gasteiger partial charge in [0.2, 0.25) is 0 Å². The van der Waals surface area contributed by atoms with E-state index in [-0.39, 0.29) is 0 Å². The van der Waals surface area contributed by atoms with Crippen LogP contribution in [0.2, 0.25) is 0 Å². The first kappa shape index (κ1) is 13.3. The van der Waals surface area contributed by atoms with E-state index >= 15 is 0 Å².